The van der Waals surface area contributed by atoms with Crippen LogP contribution in [0.3, 0.4) is 0 Å². The molecule has 0 aliphatic carbocycles. The fourth-order valence-electron chi connectivity index (χ4n) is 1.82. The van der Waals surface area contributed by atoms with Crippen molar-refractivity contribution in [2.24, 2.45) is 0 Å². The van der Waals surface area contributed by atoms with E-state index in [-0.39, 0.29) is 42.6 Å². The number of rotatable bonds is 10. The van der Waals surface area contributed by atoms with Crippen LogP contribution in [0.15, 0.2) is 0 Å². The molecule has 0 fully saturated rings. The van der Waals surface area contributed by atoms with Crippen LogP contribution < -0.4 is 5.32 Å². The van der Waals surface area contributed by atoms with Crippen molar-refractivity contribution in [1.29, 1.82) is 0 Å². The van der Waals surface area contributed by atoms with Crippen molar-refractivity contribution in [3.63, 3.8) is 0 Å². The minimum atomic E-state index is -0.807. The molecule has 0 bridgehead atoms. The molecule has 0 aromatic rings. The van der Waals surface area contributed by atoms with Crippen molar-refractivity contribution >= 4 is 23.4 Å². The average Bonchev–Trinajstić information content (AvgIpc) is 2.41. The number of carbonyl (C=O) groups excluding carboxylic acids is 4. The molecule has 0 aromatic carbocycles. The SMILES string of the molecule is CCCCNC(=O)C(CC(C)=O)N(C)C(=O)CCC(C)=O. The molecule has 0 radical (unpaired) electrons. The first-order valence-corrected chi connectivity index (χ1v) is 7.31. The topological polar surface area (TPSA) is 83.6 Å². The normalized spacial score (nSPS) is 11.6. The molecule has 2 amide bonds. The second kappa shape index (κ2) is 10.1. The highest BCUT2D eigenvalue weighted by molar-refractivity contribution is 5.92. The summed E-state index contributed by atoms with van der Waals surface area (Å²) in [5.41, 5.74) is 0. The number of amides is 2. The Bertz CT molecular complexity index is 393. The van der Waals surface area contributed by atoms with Crippen LogP contribution in [0.5, 0.6) is 0 Å². The molecule has 6 nitrogen and oxygen atoms in total. The highest BCUT2D eigenvalue weighted by atomic mass is 16.2. The minimum absolute atomic E-state index is 0.0136. The molecular weight excluding hydrogens is 272 g/mol. The molecule has 0 spiro atoms. The van der Waals surface area contributed by atoms with Crippen molar-refractivity contribution in [3.8, 4) is 0 Å². The third kappa shape index (κ3) is 8.22. The third-order valence-electron chi connectivity index (χ3n) is 3.16. The molecule has 1 unspecified atom stereocenters. The Balaban J connectivity index is 4.70. The molecule has 0 heterocycles. The van der Waals surface area contributed by atoms with Crippen molar-refractivity contribution in [2.75, 3.05) is 13.6 Å². The van der Waals surface area contributed by atoms with Gasteiger partial charge in [0, 0.05) is 32.9 Å². The summed E-state index contributed by atoms with van der Waals surface area (Å²) in [6.45, 7) is 5.34. The molecule has 0 saturated carbocycles. The first kappa shape index (κ1) is 19.3. The van der Waals surface area contributed by atoms with E-state index in [9.17, 15) is 19.2 Å². The van der Waals surface area contributed by atoms with E-state index in [4.69, 9.17) is 0 Å². The number of hydrogen-bond donors (Lipinski definition) is 1. The summed E-state index contributed by atoms with van der Waals surface area (Å²) in [4.78, 5) is 47.6. The summed E-state index contributed by atoms with van der Waals surface area (Å²) in [6, 6.07) is -0.807. The number of nitrogens with one attached hydrogen (secondary N) is 1. The van der Waals surface area contributed by atoms with Crippen LogP contribution in [0.4, 0.5) is 0 Å². The molecule has 0 rings (SSSR count). The Morgan fingerprint density at radius 1 is 1.05 bits per heavy atom. The molecule has 1 N–H and O–H groups in total. The smallest absolute Gasteiger partial charge is 0.243 e. The van der Waals surface area contributed by atoms with Gasteiger partial charge < -0.3 is 15.0 Å². The Kier molecular flexibility index (Phi) is 9.25. The summed E-state index contributed by atoms with van der Waals surface area (Å²) in [7, 11) is 1.50. The summed E-state index contributed by atoms with van der Waals surface area (Å²) in [5, 5.41) is 2.74. The van der Waals surface area contributed by atoms with E-state index in [0.29, 0.717) is 6.54 Å². The number of ketones is 2. The maximum atomic E-state index is 12.1. The van der Waals surface area contributed by atoms with E-state index in [2.05, 4.69) is 5.32 Å². The lowest BCUT2D eigenvalue weighted by molar-refractivity contribution is -0.141. The zero-order valence-corrected chi connectivity index (χ0v) is 13.4. The van der Waals surface area contributed by atoms with Gasteiger partial charge in [-0.3, -0.25) is 14.4 Å². The lowest BCUT2D eigenvalue weighted by atomic mass is 10.1. The monoisotopic (exact) mass is 298 g/mol. The molecule has 1 atom stereocenters. The minimum Gasteiger partial charge on any atom is -0.354 e. The van der Waals surface area contributed by atoms with Gasteiger partial charge in [-0.25, -0.2) is 0 Å². The van der Waals surface area contributed by atoms with Crippen LogP contribution in [-0.2, 0) is 19.2 Å². The van der Waals surface area contributed by atoms with Crippen LogP contribution in [0.1, 0.15) is 52.9 Å². The molecule has 21 heavy (non-hydrogen) atoms. The number of Topliss-reactive ketones (excluding diaryl/α,β-unsaturated/α-hetero) is 2. The number of nitrogens with zero attached hydrogens (tertiary/aromatic N) is 1. The second-order valence-electron chi connectivity index (χ2n) is 5.27. The number of hydrogen-bond acceptors (Lipinski definition) is 4. The highest BCUT2D eigenvalue weighted by Crippen LogP contribution is 2.07. The predicted octanol–water partition coefficient (Wildman–Crippen LogP) is 1.08. The summed E-state index contributed by atoms with van der Waals surface area (Å²) < 4.78 is 0. The zero-order chi connectivity index (χ0) is 16.4. The Hall–Kier alpha value is -1.72. The van der Waals surface area contributed by atoms with E-state index in [0.717, 1.165) is 12.8 Å². The van der Waals surface area contributed by atoms with Gasteiger partial charge in [-0.05, 0) is 20.3 Å². The number of carbonyl (C=O) groups is 4. The lowest BCUT2D eigenvalue weighted by Gasteiger charge is -2.26. The maximum absolute atomic E-state index is 12.1. The summed E-state index contributed by atoms with van der Waals surface area (Å²) in [6.07, 6.45) is 1.99. The van der Waals surface area contributed by atoms with E-state index < -0.39 is 6.04 Å². The molecule has 0 aliphatic heterocycles. The molecule has 0 aromatic heterocycles. The standard InChI is InChI=1S/C15H26N2O4/c1-5-6-9-16-15(21)13(10-12(3)19)17(4)14(20)8-7-11(2)18/h13H,5-10H2,1-4H3,(H,16,21). The van der Waals surface area contributed by atoms with Gasteiger partial charge in [-0.15, -0.1) is 0 Å². The van der Waals surface area contributed by atoms with Gasteiger partial charge in [0.25, 0.3) is 0 Å². The molecule has 0 saturated heterocycles. The van der Waals surface area contributed by atoms with Crippen molar-refractivity contribution in [1.82, 2.24) is 10.2 Å². The first-order valence-electron chi connectivity index (χ1n) is 7.31. The zero-order valence-electron chi connectivity index (χ0n) is 13.4. The van der Waals surface area contributed by atoms with Crippen LogP contribution in [0.2, 0.25) is 0 Å². The van der Waals surface area contributed by atoms with Gasteiger partial charge in [-0.2, -0.15) is 0 Å². The average molecular weight is 298 g/mol. The van der Waals surface area contributed by atoms with Crippen LogP contribution in [0, 0.1) is 0 Å². The Morgan fingerprint density at radius 3 is 2.14 bits per heavy atom. The third-order valence-corrected chi connectivity index (χ3v) is 3.16. The van der Waals surface area contributed by atoms with Crippen molar-refractivity contribution in [2.45, 2.75) is 58.9 Å². The largest absolute Gasteiger partial charge is 0.354 e. The number of unbranched alkanes of at least 4 members (excludes halogenated alkanes) is 1. The first-order chi connectivity index (χ1) is 9.79. The fourth-order valence-corrected chi connectivity index (χ4v) is 1.82. The molecule has 6 heteroatoms. The van der Waals surface area contributed by atoms with Gasteiger partial charge in [0.1, 0.15) is 17.6 Å². The summed E-state index contributed by atoms with van der Waals surface area (Å²) >= 11 is 0. The van der Waals surface area contributed by atoms with Gasteiger partial charge in [0.15, 0.2) is 0 Å². The van der Waals surface area contributed by atoms with Gasteiger partial charge in [0.2, 0.25) is 11.8 Å². The molecule has 0 aliphatic rings. The quantitative estimate of drug-likeness (QED) is 0.612. The van der Waals surface area contributed by atoms with Crippen molar-refractivity contribution in [3.05, 3.63) is 0 Å². The van der Waals surface area contributed by atoms with Crippen molar-refractivity contribution < 1.29 is 19.2 Å². The molecular formula is C15H26N2O4. The number of likely N-dealkylation sites (N-methyl/N-ethyl adjacent to an activating group) is 1. The van der Waals surface area contributed by atoms with E-state index in [1.54, 1.807) is 0 Å². The summed E-state index contributed by atoms with van der Waals surface area (Å²) in [5.74, 6) is -0.858. The maximum Gasteiger partial charge on any atom is 0.243 e. The van der Waals surface area contributed by atoms with E-state index in [1.165, 1.54) is 25.8 Å². The Labute approximate surface area is 126 Å². The van der Waals surface area contributed by atoms with E-state index in [1.807, 2.05) is 6.92 Å². The molecule has 120 valence electrons. The van der Waals surface area contributed by atoms with Gasteiger partial charge in [-0.1, -0.05) is 13.3 Å². The fraction of sp³-hybridized carbons (Fsp3) is 0.733. The van der Waals surface area contributed by atoms with Crippen LogP contribution in [-0.4, -0.2) is 47.9 Å². The van der Waals surface area contributed by atoms with Gasteiger partial charge in [0.05, 0.1) is 0 Å². The second-order valence-corrected chi connectivity index (χ2v) is 5.27. The van der Waals surface area contributed by atoms with Crippen LogP contribution in [0.25, 0.3) is 0 Å². The Morgan fingerprint density at radius 2 is 1.67 bits per heavy atom. The lowest BCUT2D eigenvalue weighted by Crippen LogP contribution is -2.48. The highest BCUT2D eigenvalue weighted by Gasteiger charge is 2.27. The predicted molar refractivity (Wildman–Crippen MR) is 79.7 cm³/mol. The van der Waals surface area contributed by atoms with Gasteiger partial charge >= 0.3 is 0 Å². The van der Waals surface area contributed by atoms with Crippen LogP contribution >= 0.6 is 0 Å². The van der Waals surface area contributed by atoms with E-state index >= 15 is 0 Å².